The Bertz CT molecular complexity index is 560. The van der Waals surface area contributed by atoms with Gasteiger partial charge in [0.05, 0.1) is 7.11 Å². The van der Waals surface area contributed by atoms with Crippen molar-refractivity contribution in [3.05, 3.63) is 53.5 Å². The molecule has 1 aromatic carbocycles. The summed E-state index contributed by atoms with van der Waals surface area (Å²) in [6.07, 6.45) is 4.15. The van der Waals surface area contributed by atoms with Crippen molar-refractivity contribution < 1.29 is 4.74 Å². The zero-order valence-corrected chi connectivity index (χ0v) is 12.6. The molecule has 0 aliphatic rings. The summed E-state index contributed by atoms with van der Waals surface area (Å²) in [6.45, 7) is 2.11. The van der Waals surface area contributed by atoms with Crippen LogP contribution >= 0.6 is 11.6 Å². The van der Waals surface area contributed by atoms with Gasteiger partial charge in [0.15, 0.2) is 0 Å². The third kappa shape index (κ3) is 4.49. The van der Waals surface area contributed by atoms with Crippen LogP contribution in [0.3, 0.4) is 0 Å². The Balaban J connectivity index is 1.87. The van der Waals surface area contributed by atoms with Gasteiger partial charge in [-0.25, -0.2) is 9.97 Å². The molecule has 0 N–H and O–H groups in total. The van der Waals surface area contributed by atoms with Gasteiger partial charge in [-0.05, 0) is 25.3 Å². The number of aryl methyl sites for hydroxylation is 2. The fourth-order valence-corrected chi connectivity index (χ4v) is 2.39. The molecule has 0 bridgehead atoms. The SMILES string of the molecule is COc1cc(CC(Cl)CCc2cccc(C)c2)ncn1. The first-order chi connectivity index (χ1) is 9.67. The highest BCUT2D eigenvalue weighted by Gasteiger charge is 2.09. The Morgan fingerprint density at radius 1 is 1.25 bits per heavy atom. The summed E-state index contributed by atoms with van der Waals surface area (Å²) in [6, 6.07) is 10.4. The van der Waals surface area contributed by atoms with E-state index in [1.54, 1.807) is 7.11 Å². The average Bonchev–Trinajstić information content (AvgIpc) is 2.45. The minimum absolute atomic E-state index is 0.0649. The highest BCUT2D eigenvalue weighted by Crippen LogP contribution is 2.16. The van der Waals surface area contributed by atoms with Crippen LogP contribution in [-0.2, 0) is 12.8 Å². The summed E-state index contributed by atoms with van der Waals surface area (Å²) in [4.78, 5) is 8.21. The third-order valence-electron chi connectivity index (χ3n) is 3.17. The Morgan fingerprint density at radius 2 is 2.10 bits per heavy atom. The molecule has 1 heterocycles. The number of ether oxygens (including phenoxy) is 1. The number of hydrogen-bond donors (Lipinski definition) is 0. The molecule has 0 saturated carbocycles. The van der Waals surface area contributed by atoms with Crippen LogP contribution in [0.15, 0.2) is 36.7 Å². The van der Waals surface area contributed by atoms with Gasteiger partial charge < -0.3 is 4.74 Å². The van der Waals surface area contributed by atoms with Crippen LogP contribution in [0.25, 0.3) is 0 Å². The molecule has 4 heteroatoms. The number of aromatic nitrogens is 2. The molecule has 106 valence electrons. The first kappa shape index (κ1) is 14.8. The first-order valence-electron chi connectivity index (χ1n) is 6.72. The zero-order valence-electron chi connectivity index (χ0n) is 11.8. The molecule has 1 unspecified atom stereocenters. The number of alkyl halides is 1. The molecule has 0 saturated heterocycles. The quantitative estimate of drug-likeness (QED) is 0.763. The summed E-state index contributed by atoms with van der Waals surface area (Å²) >= 11 is 6.40. The van der Waals surface area contributed by atoms with E-state index in [1.807, 2.05) is 6.07 Å². The van der Waals surface area contributed by atoms with Crippen molar-refractivity contribution in [2.75, 3.05) is 7.11 Å². The van der Waals surface area contributed by atoms with Crippen molar-refractivity contribution in [2.24, 2.45) is 0 Å². The molecule has 20 heavy (non-hydrogen) atoms. The van der Waals surface area contributed by atoms with E-state index < -0.39 is 0 Å². The molecule has 2 aromatic rings. The van der Waals surface area contributed by atoms with E-state index in [-0.39, 0.29) is 5.38 Å². The summed E-state index contributed by atoms with van der Waals surface area (Å²) in [5.74, 6) is 0.581. The highest BCUT2D eigenvalue weighted by molar-refractivity contribution is 6.20. The molecule has 0 aliphatic heterocycles. The molecule has 0 radical (unpaired) electrons. The minimum Gasteiger partial charge on any atom is -0.481 e. The van der Waals surface area contributed by atoms with Gasteiger partial charge in [-0.15, -0.1) is 11.6 Å². The van der Waals surface area contributed by atoms with Gasteiger partial charge in [0, 0.05) is 23.6 Å². The molecule has 1 atom stereocenters. The molecule has 0 spiro atoms. The predicted octanol–water partition coefficient (Wildman–Crippen LogP) is 3.58. The standard InChI is InChI=1S/C16H19ClN2O/c1-12-4-3-5-13(8-12)6-7-14(17)9-15-10-16(20-2)19-11-18-15/h3-5,8,10-11,14H,6-7,9H2,1-2H3. The smallest absolute Gasteiger partial charge is 0.216 e. The molecule has 3 nitrogen and oxygen atoms in total. The van der Waals surface area contributed by atoms with Crippen molar-refractivity contribution in [1.29, 1.82) is 0 Å². The second kappa shape index (κ2) is 7.25. The lowest BCUT2D eigenvalue weighted by Gasteiger charge is -2.10. The van der Waals surface area contributed by atoms with Crippen LogP contribution < -0.4 is 4.74 Å². The van der Waals surface area contributed by atoms with Crippen molar-refractivity contribution in [2.45, 2.75) is 31.6 Å². The summed E-state index contributed by atoms with van der Waals surface area (Å²) in [7, 11) is 1.60. The van der Waals surface area contributed by atoms with E-state index >= 15 is 0 Å². The zero-order chi connectivity index (χ0) is 14.4. The number of halogens is 1. The topological polar surface area (TPSA) is 35.0 Å². The second-order valence-electron chi connectivity index (χ2n) is 4.88. The van der Waals surface area contributed by atoms with Crippen LogP contribution in [0.5, 0.6) is 5.88 Å². The summed E-state index contributed by atoms with van der Waals surface area (Å²) < 4.78 is 5.08. The van der Waals surface area contributed by atoms with Crippen LogP contribution in [0.4, 0.5) is 0 Å². The fraction of sp³-hybridized carbons (Fsp3) is 0.375. The van der Waals surface area contributed by atoms with E-state index in [0.29, 0.717) is 5.88 Å². The van der Waals surface area contributed by atoms with Gasteiger partial charge in [0.1, 0.15) is 6.33 Å². The minimum atomic E-state index is 0.0649. The largest absolute Gasteiger partial charge is 0.481 e. The second-order valence-corrected chi connectivity index (χ2v) is 5.50. The summed E-state index contributed by atoms with van der Waals surface area (Å²) in [5, 5.41) is 0.0649. The number of rotatable bonds is 6. The van der Waals surface area contributed by atoms with Crippen molar-refractivity contribution in [3.8, 4) is 5.88 Å². The Morgan fingerprint density at radius 3 is 2.85 bits per heavy atom. The molecular weight excluding hydrogens is 272 g/mol. The Hall–Kier alpha value is -1.61. The molecule has 0 fully saturated rings. The first-order valence-corrected chi connectivity index (χ1v) is 7.15. The van der Waals surface area contributed by atoms with E-state index in [2.05, 4.69) is 41.2 Å². The molecule has 2 rings (SSSR count). The maximum atomic E-state index is 6.40. The lowest BCUT2D eigenvalue weighted by Crippen LogP contribution is -2.07. The van der Waals surface area contributed by atoms with Gasteiger partial charge >= 0.3 is 0 Å². The third-order valence-corrected chi connectivity index (χ3v) is 3.54. The van der Waals surface area contributed by atoms with Crippen molar-refractivity contribution >= 4 is 11.6 Å². The van der Waals surface area contributed by atoms with Gasteiger partial charge in [0.25, 0.3) is 0 Å². The number of nitrogens with zero attached hydrogens (tertiary/aromatic N) is 2. The van der Waals surface area contributed by atoms with Gasteiger partial charge in [-0.2, -0.15) is 0 Å². The monoisotopic (exact) mass is 290 g/mol. The van der Waals surface area contributed by atoms with Crippen molar-refractivity contribution in [3.63, 3.8) is 0 Å². The van der Waals surface area contributed by atoms with Crippen LogP contribution in [-0.4, -0.2) is 22.5 Å². The normalized spacial score (nSPS) is 12.2. The number of benzene rings is 1. The summed E-state index contributed by atoms with van der Waals surface area (Å²) in [5.41, 5.74) is 3.53. The van der Waals surface area contributed by atoms with Gasteiger partial charge in [-0.3, -0.25) is 0 Å². The van der Waals surface area contributed by atoms with Gasteiger partial charge in [0.2, 0.25) is 5.88 Å². The van der Waals surface area contributed by atoms with Crippen LogP contribution in [0, 0.1) is 6.92 Å². The lowest BCUT2D eigenvalue weighted by molar-refractivity contribution is 0.395. The maximum absolute atomic E-state index is 6.40. The number of hydrogen-bond acceptors (Lipinski definition) is 3. The maximum Gasteiger partial charge on any atom is 0.216 e. The van der Waals surface area contributed by atoms with E-state index in [4.69, 9.17) is 16.3 Å². The van der Waals surface area contributed by atoms with Crippen molar-refractivity contribution in [1.82, 2.24) is 9.97 Å². The van der Waals surface area contributed by atoms with Crippen LogP contribution in [0.1, 0.15) is 23.2 Å². The molecule has 0 amide bonds. The Labute approximate surface area is 125 Å². The molecule has 0 aliphatic carbocycles. The Kier molecular flexibility index (Phi) is 5.36. The molecule has 1 aromatic heterocycles. The number of methoxy groups -OCH3 is 1. The molecular formula is C16H19ClN2O. The van der Waals surface area contributed by atoms with E-state index in [9.17, 15) is 0 Å². The van der Waals surface area contributed by atoms with Crippen LogP contribution in [0.2, 0.25) is 0 Å². The average molecular weight is 291 g/mol. The predicted molar refractivity (Wildman–Crippen MR) is 81.4 cm³/mol. The van der Waals surface area contributed by atoms with E-state index in [1.165, 1.54) is 17.5 Å². The highest BCUT2D eigenvalue weighted by atomic mass is 35.5. The van der Waals surface area contributed by atoms with E-state index in [0.717, 1.165) is 25.0 Å². The lowest BCUT2D eigenvalue weighted by atomic mass is 10.0. The van der Waals surface area contributed by atoms with Gasteiger partial charge in [-0.1, -0.05) is 29.8 Å². The fourth-order valence-electron chi connectivity index (χ4n) is 2.12.